The summed E-state index contributed by atoms with van der Waals surface area (Å²) in [5.74, 6) is 1.89. The summed E-state index contributed by atoms with van der Waals surface area (Å²) < 4.78 is 7.61. The van der Waals surface area contributed by atoms with Gasteiger partial charge in [0.1, 0.15) is 28.6 Å². The summed E-state index contributed by atoms with van der Waals surface area (Å²) in [6.07, 6.45) is 19.1. The quantitative estimate of drug-likeness (QED) is 0.0829. The molecule has 206 valence electrons. The minimum Gasteiger partial charge on any atom is -0.364 e. The number of unbranched alkanes of at least 4 members (excludes halogenated alkanes) is 8. The number of anilines is 2. The van der Waals surface area contributed by atoms with Crippen molar-refractivity contribution in [1.29, 1.82) is 0 Å². The Balaban J connectivity index is 1.20. The Labute approximate surface area is 239 Å². The van der Waals surface area contributed by atoms with E-state index in [1.165, 1.54) is 57.8 Å². The van der Waals surface area contributed by atoms with Gasteiger partial charge in [0.2, 0.25) is 0 Å². The largest absolute Gasteiger partial charge is 0.364 e. The smallest absolute Gasteiger partial charge is 0.168 e. The Hall–Kier alpha value is -2.69. The maximum atomic E-state index is 5.50. The van der Waals surface area contributed by atoms with Crippen molar-refractivity contribution in [2.75, 3.05) is 24.5 Å². The highest BCUT2D eigenvalue weighted by atomic mass is 32.2. The zero-order valence-corrected chi connectivity index (χ0v) is 24.5. The maximum absolute atomic E-state index is 5.50. The fourth-order valence-corrected chi connectivity index (χ4v) is 6.80. The number of imidazole rings is 1. The Morgan fingerprint density at radius 3 is 2.51 bits per heavy atom. The number of methoxy groups -OCH3 is 1. The number of ether oxygens (including phenoxy) is 1. The van der Waals surface area contributed by atoms with Gasteiger partial charge in [-0.25, -0.2) is 24.9 Å². The summed E-state index contributed by atoms with van der Waals surface area (Å²) in [7, 11) is 1.70. The average molecular weight is 564 g/mol. The molecule has 8 nitrogen and oxygen atoms in total. The van der Waals surface area contributed by atoms with Crippen molar-refractivity contribution in [3.8, 4) is 0 Å². The molecule has 0 N–H and O–H groups in total. The van der Waals surface area contributed by atoms with Crippen molar-refractivity contribution in [2.24, 2.45) is 0 Å². The molecule has 0 unspecified atom stereocenters. The van der Waals surface area contributed by atoms with Gasteiger partial charge in [-0.2, -0.15) is 0 Å². The molecule has 0 amide bonds. The molecule has 4 aromatic rings. The number of aromatic nitrogens is 6. The van der Waals surface area contributed by atoms with E-state index in [-0.39, 0.29) is 0 Å². The molecule has 0 radical (unpaired) electrons. The molecular weight excluding hydrogens is 527 g/mol. The van der Waals surface area contributed by atoms with Crippen LogP contribution in [0.3, 0.4) is 0 Å². The van der Waals surface area contributed by atoms with Crippen LogP contribution in [0.25, 0.3) is 11.2 Å². The van der Waals surface area contributed by atoms with Crippen molar-refractivity contribution in [1.82, 2.24) is 29.5 Å². The van der Waals surface area contributed by atoms with E-state index in [1.807, 2.05) is 6.33 Å². The van der Waals surface area contributed by atoms with Crippen LogP contribution in [-0.2, 0) is 11.3 Å². The molecule has 0 saturated heterocycles. The monoisotopic (exact) mass is 563 g/mol. The summed E-state index contributed by atoms with van der Waals surface area (Å²) in [6.45, 7) is 3.35. The highest BCUT2D eigenvalue weighted by Gasteiger charge is 2.26. The van der Waals surface area contributed by atoms with Crippen molar-refractivity contribution in [3.05, 3.63) is 48.8 Å². The zero-order chi connectivity index (χ0) is 26.9. The van der Waals surface area contributed by atoms with Gasteiger partial charge in [0.25, 0.3) is 0 Å². The van der Waals surface area contributed by atoms with Gasteiger partial charge in [-0.1, -0.05) is 76.1 Å². The molecule has 5 rings (SSSR count). The van der Waals surface area contributed by atoms with E-state index in [0.29, 0.717) is 13.3 Å². The first-order valence-corrected chi connectivity index (χ1v) is 15.8. The van der Waals surface area contributed by atoms with E-state index >= 15 is 0 Å². The van der Waals surface area contributed by atoms with Crippen molar-refractivity contribution >= 4 is 46.2 Å². The lowest BCUT2D eigenvalue weighted by atomic mass is 10.1. The highest BCUT2D eigenvalue weighted by Crippen LogP contribution is 2.46. The molecule has 1 aliphatic heterocycles. The lowest BCUT2D eigenvalue weighted by Gasteiger charge is -2.30. The Morgan fingerprint density at radius 1 is 0.897 bits per heavy atom. The van der Waals surface area contributed by atoms with Crippen LogP contribution in [0.15, 0.2) is 58.2 Å². The Bertz CT molecular complexity index is 1360. The molecule has 0 spiro atoms. The molecule has 10 heteroatoms. The summed E-state index contributed by atoms with van der Waals surface area (Å²) in [4.78, 5) is 26.1. The number of nitrogens with zero attached hydrogens (tertiary/aromatic N) is 7. The van der Waals surface area contributed by atoms with Crippen LogP contribution in [0.4, 0.5) is 11.5 Å². The second-order valence-electron chi connectivity index (χ2n) is 9.84. The van der Waals surface area contributed by atoms with Crippen LogP contribution in [0.5, 0.6) is 0 Å². The molecule has 0 saturated carbocycles. The number of benzene rings is 1. The molecule has 39 heavy (non-hydrogen) atoms. The molecular formula is C29H37N7OS2. The van der Waals surface area contributed by atoms with Crippen molar-refractivity contribution < 1.29 is 4.74 Å². The molecule has 1 aromatic carbocycles. The normalized spacial score (nSPS) is 12.6. The Morgan fingerprint density at radius 2 is 1.69 bits per heavy atom. The summed E-state index contributed by atoms with van der Waals surface area (Å²) in [5, 5.41) is 1.86. The minimum absolute atomic E-state index is 0.406. The second kappa shape index (κ2) is 14.1. The standard InChI is InChI=1S/C29H37N7OS2/c1-3-4-5-6-7-8-9-10-11-16-38-28-25-26(32-19-33-28)35(20-34-25)18-22-12-13-24-23(17-22)36(21-37-2)27-29(39-24)31-15-14-30-27/h12-15,17,19-20H,3-11,16,18,21H2,1-2H3. The summed E-state index contributed by atoms with van der Waals surface area (Å²) >= 11 is 3.44. The van der Waals surface area contributed by atoms with Gasteiger partial charge < -0.3 is 9.30 Å². The number of hydrogen-bond acceptors (Lipinski definition) is 9. The van der Waals surface area contributed by atoms with Gasteiger partial charge in [0.05, 0.1) is 18.6 Å². The highest BCUT2D eigenvalue weighted by molar-refractivity contribution is 7.99. The molecule has 3 aromatic heterocycles. The first-order chi connectivity index (χ1) is 19.3. The van der Waals surface area contributed by atoms with E-state index in [1.54, 1.807) is 49.4 Å². The number of hydrogen-bond donors (Lipinski definition) is 0. The number of fused-ring (bicyclic) bond motifs is 3. The predicted molar refractivity (Wildman–Crippen MR) is 159 cm³/mol. The molecule has 0 fully saturated rings. The fourth-order valence-electron chi connectivity index (χ4n) is 4.87. The van der Waals surface area contributed by atoms with Crippen LogP contribution in [0.2, 0.25) is 0 Å². The fraction of sp³-hybridized carbons (Fsp3) is 0.483. The molecule has 4 heterocycles. The lowest BCUT2D eigenvalue weighted by molar-refractivity contribution is 0.204. The first kappa shape index (κ1) is 27.9. The predicted octanol–water partition coefficient (Wildman–Crippen LogP) is 7.49. The van der Waals surface area contributed by atoms with Gasteiger partial charge in [0, 0.05) is 24.4 Å². The average Bonchev–Trinajstić information content (AvgIpc) is 3.37. The first-order valence-electron chi connectivity index (χ1n) is 14.0. The van der Waals surface area contributed by atoms with E-state index in [0.717, 1.165) is 48.9 Å². The van der Waals surface area contributed by atoms with Gasteiger partial charge in [0.15, 0.2) is 11.5 Å². The molecule has 0 bridgehead atoms. The third kappa shape index (κ3) is 6.91. The maximum Gasteiger partial charge on any atom is 0.168 e. The van der Waals surface area contributed by atoms with Gasteiger partial charge in [-0.15, -0.1) is 11.8 Å². The lowest BCUT2D eigenvalue weighted by Crippen LogP contribution is -2.24. The number of rotatable bonds is 15. The van der Waals surface area contributed by atoms with Crippen molar-refractivity contribution in [3.63, 3.8) is 0 Å². The third-order valence-corrected chi connectivity index (χ3v) is 9.00. The van der Waals surface area contributed by atoms with E-state index in [2.05, 4.69) is 54.5 Å². The van der Waals surface area contributed by atoms with E-state index < -0.39 is 0 Å². The van der Waals surface area contributed by atoms with Gasteiger partial charge in [-0.05, 0) is 29.9 Å². The van der Waals surface area contributed by atoms with Crippen LogP contribution in [0.1, 0.15) is 70.3 Å². The third-order valence-electron chi connectivity index (χ3n) is 6.89. The van der Waals surface area contributed by atoms with Gasteiger partial charge in [-0.3, -0.25) is 4.90 Å². The molecule has 0 aliphatic carbocycles. The van der Waals surface area contributed by atoms with E-state index in [4.69, 9.17) is 9.72 Å². The van der Waals surface area contributed by atoms with Crippen molar-refractivity contribution in [2.45, 2.75) is 86.2 Å². The summed E-state index contributed by atoms with van der Waals surface area (Å²) in [5.41, 5.74) is 3.99. The van der Waals surface area contributed by atoms with Crippen LogP contribution >= 0.6 is 23.5 Å². The molecule has 0 atom stereocenters. The molecule has 1 aliphatic rings. The second-order valence-corrected chi connectivity index (χ2v) is 11.9. The summed E-state index contributed by atoms with van der Waals surface area (Å²) in [6, 6.07) is 6.51. The van der Waals surface area contributed by atoms with Crippen LogP contribution < -0.4 is 4.90 Å². The topological polar surface area (TPSA) is 81.9 Å². The minimum atomic E-state index is 0.406. The SMILES string of the molecule is CCCCCCCCCCCSc1ncnc2c1ncn2Cc1ccc2c(c1)N(COC)c1nccnc1S2. The Kier molecular flexibility index (Phi) is 10.1. The zero-order valence-electron chi connectivity index (χ0n) is 22.9. The van der Waals surface area contributed by atoms with Gasteiger partial charge >= 0.3 is 0 Å². The van der Waals surface area contributed by atoms with Crippen LogP contribution in [-0.4, -0.2) is 49.1 Å². The van der Waals surface area contributed by atoms with Crippen LogP contribution in [0, 0.1) is 0 Å². The number of thioether (sulfide) groups is 1. The van der Waals surface area contributed by atoms with E-state index in [9.17, 15) is 0 Å².